The normalized spacial score (nSPS) is 16.3. The van der Waals surface area contributed by atoms with Crippen LogP contribution in [0.5, 0.6) is 0 Å². The van der Waals surface area contributed by atoms with Gasteiger partial charge in [-0.1, -0.05) is 18.2 Å². The molecule has 1 saturated heterocycles. The minimum atomic E-state index is 1.01. The van der Waals surface area contributed by atoms with E-state index in [0.717, 1.165) is 17.9 Å². The number of hydrogen-bond donors (Lipinski definition) is 1. The van der Waals surface area contributed by atoms with Gasteiger partial charge in [-0.25, -0.2) is 4.98 Å². The van der Waals surface area contributed by atoms with Gasteiger partial charge in [-0.15, -0.1) is 0 Å². The highest BCUT2D eigenvalue weighted by Gasteiger charge is 2.14. The summed E-state index contributed by atoms with van der Waals surface area (Å²) in [6, 6.07) is 10.6. The number of likely N-dealkylation sites (tertiary alicyclic amines) is 1. The van der Waals surface area contributed by atoms with Crippen molar-refractivity contribution in [1.82, 2.24) is 9.88 Å². The largest absolute Gasteiger partial charge is 0.373 e. The Labute approximate surface area is 108 Å². The van der Waals surface area contributed by atoms with E-state index in [-0.39, 0.29) is 0 Å². The Hall–Kier alpha value is -1.61. The predicted octanol–water partition coefficient (Wildman–Crippen LogP) is 2.87. The molecule has 3 rings (SSSR count). The summed E-state index contributed by atoms with van der Waals surface area (Å²) in [5.74, 6) is 1.01. The lowest BCUT2D eigenvalue weighted by atomic mass is 10.1. The second kappa shape index (κ2) is 4.94. The second-order valence-corrected chi connectivity index (χ2v) is 4.92. The number of nitrogens with zero attached hydrogens (tertiary/aromatic N) is 2. The van der Waals surface area contributed by atoms with E-state index in [1.54, 1.807) is 0 Å². The number of hydrogen-bond acceptors (Lipinski definition) is 3. The zero-order valence-electron chi connectivity index (χ0n) is 10.8. The van der Waals surface area contributed by atoms with Crippen molar-refractivity contribution < 1.29 is 0 Å². The molecule has 0 spiro atoms. The van der Waals surface area contributed by atoms with Crippen molar-refractivity contribution in [2.45, 2.75) is 19.4 Å². The summed E-state index contributed by atoms with van der Waals surface area (Å²) in [4.78, 5) is 7.20. The molecule has 0 bridgehead atoms. The molecule has 0 saturated carbocycles. The molecule has 0 unspecified atom stereocenters. The molecule has 1 aliphatic heterocycles. The van der Waals surface area contributed by atoms with Crippen LogP contribution in [0.15, 0.2) is 30.3 Å². The Morgan fingerprint density at radius 2 is 2.00 bits per heavy atom. The Balaban J connectivity index is 1.97. The van der Waals surface area contributed by atoms with Crippen molar-refractivity contribution in [1.29, 1.82) is 0 Å². The van der Waals surface area contributed by atoms with Gasteiger partial charge in [-0.05, 0) is 38.1 Å². The lowest BCUT2D eigenvalue weighted by Gasteiger charge is -2.17. The fourth-order valence-corrected chi connectivity index (χ4v) is 2.68. The van der Waals surface area contributed by atoms with Gasteiger partial charge in [0.1, 0.15) is 5.82 Å². The molecule has 2 aromatic rings. The number of para-hydroxylation sites is 1. The molecule has 94 valence electrons. The number of nitrogens with one attached hydrogen (secondary N) is 1. The Morgan fingerprint density at radius 3 is 2.78 bits per heavy atom. The van der Waals surface area contributed by atoms with Crippen LogP contribution in [-0.4, -0.2) is 30.0 Å². The quantitative estimate of drug-likeness (QED) is 0.895. The molecule has 0 aliphatic carbocycles. The van der Waals surface area contributed by atoms with Crippen LogP contribution in [-0.2, 0) is 6.54 Å². The highest BCUT2D eigenvalue weighted by Crippen LogP contribution is 2.23. The Bertz CT molecular complexity index is 544. The van der Waals surface area contributed by atoms with E-state index in [0.29, 0.717) is 0 Å². The van der Waals surface area contributed by atoms with Crippen molar-refractivity contribution in [3.05, 3.63) is 35.9 Å². The molecule has 0 atom stereocenters. The SMILES string of the molecule is CNc1nc2ccccc2cc1CN1CCCC1. The fourth-order valence-electron chi connectivity index (χ4n) is 2.68. The number of aromatic nitrogens is 1. The zero-order chi connectivity index (χ0) is 12.4. The van der Waals surface area contributed by atoms with Gasteiger partial charge in [0.05, 0.1) is 5.52 Å². The van der Waals surface area contributed by atoms with Crippen molar-refractivity contribution >= 4 is 16.7 Å². The second-order valence-electron chi connectivity index (χ2n) is 4.92. The molecule has 1 N–H and O–H groups in total. The van der Waals surface area contributed by atoms with Crippen molar-refractivity contribution in [2.75, 3.05) is 25.5 Å². The molecular weight excluding hydrogens is 222 g/mol. The Morgan fingerprint density at radius 1 is 1.22 bits per heavy atom. The number of anilines is 1. The maximum absolute atomic E-state index is 4.70. The van der Waals surface area contributed by atoms with Crippen LogP contribution in [0.1, 0.15) is 18.4 Å². The molecule has 3 nitrogen and oxygen atoms in total. The summed E-state index contributed by atoms with van der Waals surface area (Å²) in [6.45, 7) is 3.44. The summed E-state index contributed by atoms with van der Waals surface area (Å²) in [6.07, 6.45) is 2.66. The minimum Gasteiger partial charge on any atom is -0.373 e. The molecule has 0 amide bonds. The standard InChI is InChI=1S/C15H19N3/c1-16-15-13(11-18-8-4-5-9-18)10-12-6-2-3-7-14(12)17-15/h2-3,6-7,10H,4-5,8-9,11H2,1H3,(H,16,17). The molecule has 0 radical (unpaired) electrons. The van der Waals surface area contributed by atoms with E-state index >= 15 is 0 Å². The summed E-state index contributed by atoms with van der Waals surface area (Å²) >= 11 is 0. The van der Waals surface area contributed by atoms with E-state index in [1.807, 2.05) is 13.1 Å². The molecule has 18 heavy (non-hydrogen) atoms. The van der Waals surface area contributed by atoms with Gasteiger partial charge < -0.3 is 5.32 Å². The van der Waals surface area contributed by atoms with Crippen molar-refractivity contribution in [3.63, 3.8) is 0 Å². The lowest BCUT2D eigenvalue weighted by molar-refractivity contribution is 0.332. The van der Waals surface area contributed by atoms with Crippen LogP contribution in [0, 0.1) is 0 Å². The third-order valence-electron chi connectivity index (χ3n) is 3.63. The van der Waals surface area contributed by atoms with Gasteiger partial charge in [-0.2, -0.15) is 0 Å². The van der Waals surface area contributed by atoms with Crippen LogP contribution < -0.4 is 5.32 Å². The molecule has 2 heterocycles. The number of pyridine rings is 1. The number of rotatable bonds is 3. The molecule has 1 aromatic carbocycles. The summed E-state index contributed by atoms with van der Waals surface area (Å²) in [5, 5.41) is 4.45. The summed E-state index contributed by atoms with van der Waals surface area (Å²) in [7, 11) is 1.95. The first-order valence-electron chi connectivity index (χ1n) is 6.65. The highest BCUT2D eigenvalue weighted by atomic mass is 15.1. The summed E-state index contributed by atoms with van der Waals surface area (Å²) < 4.78 is 0. The van der Waals surface area contributed by atoms with E-state index < -0.39 is 0 Å². The third kappa shape index (κ3) is 2.18. The van der Waals surface area contributed by atoms with Gasteiger partial charge in [0.2, 0.25) is 0 Å². The average Bonchev–Trinajstić information content (AvgIpc) is 2.91. The van der Waals surface area contributed by atoms with Gasteiger partial charge in [0.25, 0.3) is 0 Å². The predicted molar refractivity (Wildman–Crippen MR) is 75.8 cm³/mol. The fraction of sp³-hybridized carbons (Fsp3) is 0.400. The smallest absolute Gasteiger partial charge is 0.130 e. The lowest BCUT2D eigenvalue weighted by Crippen LogP contribution is -2.19. The minimum absolute atomic E-state index is 1.01. The zero-order valence-corrected chi connectivity index (χ0v) is 10.8. The maximum Gasteiger partial charge on any atom is 0.130 e. The molecule has 1 aliphatic rings. The van der Waals surface area contributed by atoms with Crippen molar-refractivity contribution in [3.8, 4) is 0 Å². The van der Waals surface area contributed by atoms with Gasteiger partial charge in [0, 0.05) is 24.5 Å². The summed E-state index contributed by atoms with van der Waals surface area (Å²) in [5.41, 5.74) is 2.37. The topological polar surface area (TPSA) is 28.2 Å². The van der Waals surface area contributed by atoms with Gasteiger partial charge >= 0.3 is 0 Å². The third-order valence-corrected chi connectivity index (χ3v) is 3.63. The van der Waals surface area contributed by atoms with Crippen LogP contribution in [0.2, 0.25) is 0 Å². The molecule has 3 heteroatoms. The van der Waals surface area contributed by atoms with Gasteiger partial charge in [-0.3, -0.25) is 4.90 Å². The van der Waals surface area contributed by atoms with Crippen LogP contribution >= 0.6 is 0 Å². The molecule has 1 aromatic heterocycles. The van der Waals surface area contributed by atoms with Gasteiger partial charge in [0.15, 0.2) is 0 Å². The molecular formula is C15H19N3. The maximum atomic E-state index is 4.70. The van der Waals surface area contributed by atoms with Crippen LogP contribution in [0.3, 0.4) is 0 Å². The first-order chi connectivity index (χ1) is 8.86. The average molecular weight is 241 g/mol. The van der Waals surface area contributed by atoms with Crippen LogP contribution in [0.4, 0.5) is 5.82 Å². The Kier molecular flexibility index (Phi) is 3.15. The highest BCUT2D eigenvalue weighted by molar-refractivity contribution is 5.81. The first kappa shape index (κ1) is 11.5. The number of fused-ring (bicyclic) bond motifs is 1. The number of benzene rings is 1. The monoisotopic (exact) mass is 241 g/mol. The van der Waals surface area contributed by atoms with E-state index in [4.69, 9.17) is 4.98 Å². The van der Waals surface area contributed by atoms with Crippen LogP contribution in [0.25, 0.3) is 10.9 Å². The van der Waals surface area contributed by atoms with Crippen molar-refractivity contribution in [2.24, 2.45) is 0 Å². The molecule has 1 fully saturated rings. The first-order valence-corrected chi connectivity index (χ1v) is 6.65. The van der Waals surface area contributed by atoms with E-state index in [1.165, 1.54) is 36.9 Å². The van der Waals surface area contributed by atoms with E-state index in [2.05, 4.69) is 34.5 Å². The van der Waals surface area contributed by atoms with E-state index in [9.17, 15) is 0 Å².